The summed E-state index contributed by atoms with van der Waals surface area (Å²) in [4.78, 5) is 4.49. The molecule has 2 rings (SSSR count). The smallest absolute Gasteiger partial charge is 0.0948 e. The summed E-state index contributed by atoms with van der Waals surface area (Å²) >= 11 is 6.26. The summed E-state index contributed by atoms with van der Waals surface area (Å²) in [5, 5.41) is 5.35. The third kappa shape index (κ3) is 3.47. The normalized spacial score (nSPS) is 14.1. The van der Waals surface area contributed by atoms with E-state index < -0.39 is 0 Å². The molecule has 0 aliphatic rings. The minimum atomic E-state index is -0.0751. The van der Waals surface area contributed by atoms with Gasteiger partial charge in [0.2, 0.25) is 0 Å². The van der Waals surface area contributed by atoms with Crippen LogP contribution in [0.1, 0.15) is 39.5 Å². The second-order valence-corrected chi connectivity index (χ2v) is 5.97. The van der Waals surface area contributed by atoms with Crippen molar-refractivity contribution in [3.63, 3.8) is 0 Å². The molecule has 0 saturated heterocycles. The highest BCUT2D eigenvalue weighted by Crippen LogP contribution is 2.31. The van der Waals surface area contributed by atoms with Gasteiger partial charge < -0.3 is 11.1 Å². The van der Waals surface area contributed by atoms with E-state index in [1.807, 2.05) is 24.3 Å². The number of unbranched alkanes of at least 4 members (excludes halogenated alkanes) is 1. The fourth-order valence-electron chi connectivity index (χ4n) is 2.66. The molecule has 0 aliphatic carbocycles. The third-order valence-electron chi connectivity index (χ3n) is 4.19. The summed E-state index contributed by atoms with van der Waals surface area (Å²) in [7, 11) is 0. The number of aromatic nitrogens is 1. The molecular formula is C17H24ClN3. The van der Waals surface area contributed by atoms with Crippen LogP contribution in [0.3, 0.4) is 0 Å². The van der Waals surface area contributed by atoms with Crippen LogP contribution in [-0.2, 0) is 0 Å². The Morgan fingerprint density at radius 1 is 1.29 bits per heavy atom. The average molecular weight is 306 g/mol. The summed E-state index contributed by atoms with van der Waals surface area (Å²) in [6, 6.07) is 7.83. The number of rotatable bonds is 7. The standard InChI is InChI=1S/C17H24ClN3/c1-3-5-10-17(4-2,12-19)21-15-9-8-14(18)13-7-6-11-20-16(13)15/h6-9,11,21H,3-5,10,12,19H2,1-2H3. The predicted molar refractivity (Wildman–Crippen MR) is 92.0 cm³/mol. The lowest BCUT2D eigenvalue weighted by molar-refractivity contribution is 0.412. The molecule has 0 radical (unpaired) electrons. The number of nitrogens with two attached hydrogens (primary N) is 1. The molecule has 1 aromatic heterocycles. The van der Waals surface area contributed by atoms with Gasteiger partial charge in [-0.15, -0.1) is 0 Å². The van der Waals surface area contributed by atoms with Crippen LogP contribution in [-0.4, -0.2) is 17.1 Å². The van der Waals surface area contributed by atoms with Crippen LogP contribution >= 0.6 is 11.6 Å². The number of hydrogen-bond donors (Lipinski definition) is 2. The molecule has 0 spiro atoms. The minimum absolute atomic E-state index is 0.0751. The van der Waals surface area contributed by atoms with Crippen LogP contribution in [0.5, 0.6) is 0 Å². The zero-order chi connectivity index (χ0) is 15.3. The lowest BCUT2D eigenvalue weighted by Crippen LogP contribution is -2.45. The number of nitrogens with zero attached hydrogens (tertiary/aromatic N) is 1. The zero-order valence-electron chi connectivity index (χ0n) is 12.8. The second kappa shape index (κ2) is 7.10. The first kappa shape index (κ1) is 16.1. The number of hydrogen-bond acceptors (Lipinski definition) is 3. The van der Waals surface area contributed by atoms with Gasteiger partial charge in [0.05, 0.1) is 16.2 Å². The lowest BCUT2D eigenvalue weighted by Gasteiger charge is -2.34. The van der Waals surface area contributed by atoms with Gasteiger partial charge in [-0.1, -0.05) is 38.3 Å². The molecule has 0 amide bonds. The molecule has 1 unspecified atom stereocenters. The molecule has 4 heteroatoms. The molecule has 2 aromatic rings. The Morgan fingerprint density at radius 3 is 2.76 bits per heavy atom. The van der Waals surface area contributed by atoms with Crippen LogP contribution in [0.2, 0.25) is 5.02 Å². The highest BCUT2D eigenvalue weighted by atomic mass is 35.5. The quantitative estimate of drug-likeness (QED) is 0.786. The largest absolute Gasteiger partial charge is 0.377 e. The number of fused-ring (bicyclic) bond motifs is 1. The van der Waals surface area contributed by atoms with E-state index in [1.54, 1.807) is 6.20 Å². The number of halogens is 1. The van der Waals surface area contributed by atoms with Crippen molar-refractivity contribution < 1.29 is 0 Å². The van der Waals surface area contributed by atoms with Gasteiger partial charge in [0.15, 0.2) is 0 Å². The van der Waals surface area contributed by atoms with E-state index in [-0.39, 0.29) is 5.54 Å². The molecule has 0 bridgehead atoms. The predicted octanol–water partition coefficient (Wildman–Crippen LogP) is 4.60. The molecule has 3 nitrogen and oxygen atoms in total. The minimum Gasteiger partial charge on any atom is -0.377 e. The summed E-state index contributed by atoms with van der Waals surface area (Å²) in [5.41, 5.74) is 7.92. The molecule has 114 valence electrons. The molecule has 0 saturated carbocycles. The van der Waals surface area contributed by atoms with E-state index in [0.29, 0.717) is 6.54 Å². The van der Waals surface area contributed by atoms with Crippen molar-refractivity contribution in [2.45, 2.75) is 45.1 Å². The first-order valence-corrected chi connectivity index (χ1v) is 8.05. The second-order valence-electron chi connectivity index (χ2n) is 5.56. The van der Waals surface area contributed by atoms with E-state index in [9.17, 15) is 0 Å². The fraction of sp³-hybridized carbons (Fsp3) is 0.471. The molecule has 0 fully saturated rings. The van der Waals surface area contributed by atoms with Crippen LogP contribution in [0, 0.1) is 0 Å². The van der Waals surface area contributed by atoms with Crippen molar-refractivity contribution in [3.8, 4) is 0 Å². The van der Waals surface area contributed by atoms with Crippen LogP contribution in [0.4, 0.5) is 5.69 Å². The van der Waals surface area contributed by atoms with Crippen LogP contribution in [0.15, 0.2) is 30.5 Å². The third-order valence-corrected chi connectivity index (χ3v) is 4.52. The maximum Gasteiger partial charge on any atom is 0.0948 e. The number of nitrogens with one attached hydrogen (secondary N) is 1. The van der Waals surface area contributed by atoms with Gasteiger partial charge >= 0.3 is 0 Å². The topological polar surface area (TPSA) is 50.9 Å². The number of anilines is 1. The van der Waals surface area contributed by atoms with Crippen molar-refractivity contribution in [3.05, 3.63) is 35.5 Å². The average Bonchev–Trinajstić information content (AvgIpc) is 2.54. The van der Waals surface area contributed by atoms with E-state index in [0.717, 1.165) is 40.9 Å². The van der Waals surface area contributed by atoms with Gasteiger partial charge in [0.25, 0.3) is 0 Å². The molecule has 1 heterocycles. The van der Waals surface area contributed by atoms with Crippen molar-refractivity contribution >= 4 is 28.2 Å². The molecule has 0 aliphatic heterocycles. The Hall–Kier alpha value is -1.32. The molecule has 1 atom stereocenters. The highest BCUT2D eigenvalue weighted by molar-refractivity contribution is 6.35. The number of pyridine rings is 1. The Labute approximate surface area is 131 Å². The molecular weight excluding hydrogens is 282 g/mol. The van der Waals surface area contributed by atoms with Crippen molar-refractivity contribution in [1.29, 1.82) is 0 Å². The maximum absolute atomic E-state index is 6.26. The van der Waals surface area contributed by atoms with Crippen molar-refractivity contribution in [2.24, 2.45) is 5.73 Å². The number of benzene rings is 1. The van der Waals surface area contributed by atoms with E-state index >= 15 is 0 Å². The van der Waals surface area contributed by atoms with Crippen molar-refractivity contribution in [1.82, 2.24) is 4.98 Å². The van der Waals surface area contributed by atoms with Gasteiger partial charge in [-0.3, -0.25) is 4.98 Å². The first-order valence-electron chi connectivity index (χ1n) is 7.67. The van der Waals surface area contributed by atoms with E-state index in [2.05, 4.69) is 24.1 Å². The summed E-state index contributed by atoms with van der Waals surface area (Å²) in [6.07, 6.45) is 6.18. The monoisotopic (exact) mass is 305 g/mol. The molecule has 1 aromatic carbocycles. The molecule has 21 heavy (non-hydrogen) atoms. The maximum atomic E-state index is 6.26. The van der Waals surface area contributed by atoms with Crippen molar-refractivity contribution in [2.75, 3.05) is 11.9 Å². The van der Waals surface area contributed by atoms with Crippen LogP contribution in [0.25, 0.3) is 10.9 Å². The van der Waals surface area contributed by atoms with Crippen LogP contribution < -0.4 is 11.1 Å². The van der Waals surface area contributed by atoms with E-state index in [4.69, 9.17) is 17.3 Å². The Bertz CT molecular complexity index is 594. The summed E-state index contributed by atoms with van der Waals surface area (Å²) in [5.74, 6) is 0. The Balaban J connectivity index is 2.39. The Kier molecular flexibility index (Phi) is 5.43. The highest BCUT2D eigenvalue weighted by Gasteiger charge is 2.26. The summed E-state index contributed by atoms with van der Waals surface area (Å²) < 4.78 is 0. The summed E-state index contributed by atoms with van der Waals surface area (Å²) in [6.45, 7) is 5.00. The zero-order valence-corrected chi connectivity index (χ0v) is 13.6. The van der Waals surface area contributed by atoms with Gasteiger partial charge in [0.1, 0.15) is 0 Å². The lowest BCUT2D eigenvalue weighted by atomic mass is 9.89. The van der Waals surface area contributed by atoms with E-state index in [1.165, 1.54) is 6.42 Å². The Morgan fingerprint density at radius 2 is 2.10 bits per heavy atom. The molecule has 3 N–H and O–H groups in total. The van der Waals surface area contributed by atoms with Gasteiger partial charge in [-0.05, 0) is 37.1 Å². The van der Waals surface area contributed by atoms with Gasteiger partial charge in [-0.25, -0.2) is 0 Å². The van der Waals surface area contributed by atoms with Gasteiger partial charge in [0, 0.05) is 23.7 Å². The first-order chi connectivity index (χ1) is 10.2. The fourth-order valence-corrected chi connectivity index (χ4v) is 2.88. The SMILES string of the molecule is CCCCC(CC)(CN)Nc1ccc(Cl)c2cccnc12. The van der Waals surface area contributed by atoms with Gasteiger partial charge in [-0.2, -0.15) is 0 Å².